The molecule has 1 aliphatic heterocycles. The molecule has 2 rings (SSSR count). The third kappa shape index (κ3) is 2.07. The van der Waals surface area contributed by atoms with Crippen molar-refractivity contribution in [3.8, 4) is 17.2 Å². The molecule has 16 heavy (non-hydrogen) atoms. The maximum atomic E-state index is 9.59. The predicted octanol–water partition coefficient (Wildman–Crippen LogP) is 1.57. The number of methoxy groups -OCH3 is 1. The van der Waals surface area contributed by atoms with Gasteiger partial charge in [-0.1, -0.05) is 0 Å². The van der Waals surface area contributed by atoms with Crippen LogP contribution in [0.25, 0.3) is 0 Å². The van der Waals surface area contributed by atoms with Crippen molar-refractivity contribution in [2.24, 2.45) is 0 Å². The van der Waals surface area contributed by atoms with Crippen molar-refractivity contribution >= 4 is 0 Å². The molecule has 0 amide bonds. The van der Waals surface area contributed by atoms with Gasteiger partial charge >= 0.3 is 0 Å². The summed E-state index contributed by atoms with van der Waals surface area (Å²) < 4.78 is 5.03. The van der Waals surface area contributed by atoms with Gasteiger partial charge in [0.15, 0.2) is 11.5 Å². The van der Waals surface area contributed by atoms with E-state index in [0.29, 0.717) is 11.7 Å². The zero-order valence-electron chi connectivity index (χ0n) is 9.36. The number of rotatable bonds is 2. The molecular formula is C12H17NO3. The number of nitrogens with one attached hydrogen (secondary N) is 1. The standard InChI is InChI=1S/C12H17NO3/c1-16-11-6-9(5-10(14)12(11)15)8-3-2-4-13-7-8/h5-6,8,13-15H,2-4,7H2,1H3. The van der Waals surface area contributed by atoms with Crippen molar-refractivity contribution in [3.63, 3.8) is 0 Å². The minimum atomic E-state index is -0.185. The van der Waals surface area contributed by atoms with E-state index in [1.165, 1.54) is 7.11 Å². The second kappa shape index (κ2) is 4.61. The van der Waals surface area contributed by atoms with Gasteiger partial charge in [-0.25, -0.2) is 0 Å². The fraction of sp³-hybridized carbons (Fsp3) is 0.500. The molecule has 1 heterocycles. The Kier molecular flexibility index (Phi) is 3.19. The number of hydrogen-bond acceptors (Lipinski definition) is 4. The number of phenols is 2. The molecular weight excluding hydrogens is 206 g/mol. The van der Waals surface area contributed by atoms with Gasteiger partial charge in [0.25, 0.3) is 0 Å². The van der Waals surface area contributed by atoms with E-state index < -0.39 is 0 Å². The summed E-state index contributed by atoms with van der Waals surface area (Å²) in [5, 5.41) is 22.4. The summed E-state index contributed by atoms with van der Waals surface area (Å²) >= 11 is 0. The lowest BCUT2D eigenvalue weighted by atomic mass is 9.91. The van der Waals surface area contributed by atoms with Crippen LogP contribution in [0.4, 0.5) is 0 Å². The van der Waals surface area contributed by atoms with Crippen molar-refractivity contribution in [3.05, 3.63) is 17.7 Å². The van der Waals surface area contributed by atoms with E-state index in [-0.39, 0.29) is 11.5 Å². The van der Waals surface area contributed by atoms with Crippen LogP contribution in [0.15, 0.2) is 12.1 Å². The quantitative estimate of drug-likeness (QED) is 0.666. The highest BCUT2D eigenvalue weighted by atomic mass is 16.5. The highest BCUT2D eigenvalue weighted by Gasteiger charge is 2.18. The summed E-state index contributed by atoms with van der Waals surface area (Å²) in [6.07, 6.45) is 2.23. The van der Waals surface area contributed by atoms with Gasteiger partial charge in [-0.15, -0.1) is 0 Å². The molecule has 1 aromatic carbocycles. The highest BCUT2D eigenvalue weighted by Crippen LogP contribution is 2.39. The van der Waals surface area contributed by atoms with Crippen LogP contribution in [0.3, 0.4) is 0 Å². The van der Waals surface area contributed by atoms with Crippen LogP contribution in [-0.2, 0) is 0 Å². The van der Waals surface area contributed by atoms with Crippen molar-refractivity contribution in [1.29, 1.82) is 0 Å². The summed E-state index contributed by atoms with van der Waals surface area (Å²) in [5.74, 6) is 0.421. The zero-order chi connectivity index (χ0) is 11.5. The Hall–Kier alpha value is -1.42. The summed E-state index contributed by atoms with van der Waals surface area (Å²) in [4.78, 5) is 0. The normalized spacial score (nSPS) is 20.7. The van der Waals surface area contributed by atoms with Crippen molar-refractivity contribution in [2.45, 2.75) is 18.8 Å². The van der Waals surface area contributed by atoms with Crippen molar-refractivity contribution in [1.82, 2.24) is 5.32 Å². The molecule has 0 aromatic heterocycles. The number of phenolic OH excluding ortho intramolecular Hbond substituents is 2. The Morgan fingerprint density at radius 1 is 1.38 bits per heavy atom. The summed E-state index contributed by atoms with van der Waals surface area (Å²) in [7, 11) is 1.48. The molecule has 88 valence electrons. The van der Waals surface area contributed by atoms with E-state index >= 15 is 0 Å². The Bertz CT molecular complexity index is 373. The number of ether oxygens (including phenoxy) is 1. The Morgan fingerprint density at radius 3 is 2.81 bits per heavy atom. The van der Waals surface area contributed by atoms with Gasteiger partial charge in [-0.2, -0.15) is 0 Å². The van der Waals surface area contributed by atoms with Crippen molar-refractivity contribution < 1.29 is 14.9 Å². The molecule has 1 aromatic rings. The van der Waals surface area contributed by atoms with Gasteiger partial charge in [0.2, 0.25) is 5.75 Å². The molecule has 0 radical (unpaired) electrons. The molecule has 0 aliphatic carbocycles. The molecule has 1 atom stereocenters. The largest absolute Gasteiger partial charge is 0.504 e. The first kappa shape index (κ1) is 11.1. The number of piperidine rings is 1. The Morgan fingerprint density at radius 2 is 2.19 bits per heavy atom. The molecule has 1 saturated heterocycles. The van der Waals surface area contributed by atoms with E-state index in [1.807, 2.05) is 0 Å². The maximum absolute atomic E-state index is 9.59. The van der Waals surface area contributed by atoms with Crippen LogP contribution in [0.5, 0.6) is 17.2 Å². The lowest BCUT2D eigenvalue weighted by molar-refractivity contribution is 0.348. The van der Waals surface area contributed by atoms with Crippen LogP contribution < -0.4 is 10.1 Å². The number of benzene rings is 1. The topological polar surface area (TPSA) is 61.7 Å². The van der Waals surface area contributed by atoms with Gasteiger partial charge in [0.05, 0.1) is 7.11 Å². The van der Waals surface area contributed by atoms with Crippen LogP contribution in [0.2, 0.25) is 0 Å². The monoisotopic (exact) mass is 223 g/mol. The molecule has 1 fully saturated rings. The predicted molar refractivity (Wildman–Crippen MR) is 61.2 cm³/mol. The average molecular weight is 223 g/mol. The Labute approximate surface area is 94.9 Å². The zero-order valence-corrected chi connectivity index (χ0v) is 9.36. The lowest BCUT2D eigenvalue weighted by Gasteiger charge is -2.23. The maximum Gasteiger partial charge on any atom is 0.200 e. The summed E-state index contributed by atoms with van der Waals surface area (Å²) in [6, 6.07) is 3.42. The number of hydrogen-bond donors (Lipinski definition) is 3. The van der Waals surface area contributed by atoms with Crippen LogP contribution in [0.1, 0.15) is 24.3 Å². The minimum Gasteiger partial charge on any atom is -0.504 e. The minimum absolute atomic E-state index is 0.111. The molecule has 4 nitrogen and oxygen atoms in total. The summed E-state index contributed by atoms with van der Waals surface area (Å²) in [5.41, 5.74) is 1.01. The van der Waals surface area contributed by atoms with Crippen molar-refractivity contribution in [2.75, 3.05) is 20.2 Å². The van der Waals surface area contributed by atoms with E-state index in [0.717, 1.165) is 31.5 Å². The number of aromatic hydroxyl groups is 2. The smallest absolute Gasteiger partial charge is 0.200 e. The molecule has 1 aliphatic rings. The molecule has 0 saturated carbocycles. The molecule has 0 bridgehead atoms. The highest BCUT2D eigenvalue weighted by molar-refractivity contribution is 5.52. The first-order valence-electron chi connectivity index (χ1n) is 5.53. The van der Waals surface area contributed by atoms with Gasteiger partial charge in [0.1, 0.15) is 0 Å². The van der Waals surface area contributed by atoms with E-state index in [9.17, 15) is 10.2 Å². The first-order chi connectivity index (χ1) is 7.72. The molecule has 0 spiro atoms. The van der Waals surface area contributed by atoms with E-state index in [1.54, 1.807) is 12.1 Å². The fourth-order valence-electron chi connectivity index (χ4n) is 2.14. The van der Waals surface area contributed by atoms with E-state index in [4.69, 9.17) is 4.74 Å². The first-order valence-corrected chi connectivity index (χ1v) is 5.53. The summed E-state index contributed by atoms with van der Waals surface area (Å²) in [6.45, 7) is 1.96. The second-order valence-electron chi connectivity index (χ2n) is 4.13. The molecule has 1 unspecified atom stereocenters. The van der Waals surface area contributed by atoms with Crippen LogP contribution >= 0.6 is 0 Å². The fourth-order valence-corrected chi connectivity index (χ4v) is 2.14. The third-order valence-electron chi connectivity index (χ3n) is 3.07. The Balaban J connectivity index is 2.29. The van der Waals surface area contributed by atoms with E-state index in [2.05, 4.69) is 5.32 Å². The van der Waals surface area contributed by atoms with Gasteiger partial charge in [0, 0.05) is 6.54 Å². The van der Waals surface area contributed by atoms with Crippen LogP contribution in [-0.4, -0.2) is 30.4 Å². The average Bonchev–Trinajstić information content (AvgIpc) is 2.33. The molecule has 4 heteroatoms. The second-order valence-corrected chi connectivity index (χ2v) is 4.13. The van der Waals surface area contributed by atoms with Gasteiger partial charge < -0.3 is 20.3 Å². The van der Waals surface area contributed by atoms with Gasteiger partial charge in [-0.05, 0) is 43.0 Å². The van der Waals surface area contributed by atoms with Gasteiger partial charge in [-0.3, -0.25) is 0 Å². The lowest BCUT2D eigenvalue weighted by Crippen LogP contribution is -2.28. The van der Waals surface area contributed by atoms with Crippen LogP contribution in [0, 0.1) is 0 Å². The third-order valence-corrected chi connectivity index (χ3v) is 3.07. The molecule has 3 N–H and O–H groups in total. The SMILES string of the molecule is COc1cc(C2CCCNC2)cc(O)c1O.